The maximum atomic E-state index is 12.0. The molecule has 1 heterocycles. The molecule has 0 saturated carbocycles. The molecule has 0 saturated heterocycles. The molecule has 20 heavy (non-hydrogen) atoms. The van der Waals surface area contributed by atoms with Crippen LogP contribution in [0.5, 0.6) is 0 Å². The Balaban J connectivity index is 2.18. The molecule has 6 heteroatoms. The number of pyridine rings is 1. The highest BCUT2D eigenvalue weighted by Gasteiger charge is 2.09. The molecule has 0 aliphatic carbocycles. The average molecular weight is 290 g/mol. The first-order chi connectivity index (χ1) is 9.60. The summed E-state index contributed by atoms with van der Waals surface area (Å²) in [6, 6.07) is 11.4. The SMILES string of the molecule is CNC(=O)c1cccc(NC(=O)c2cccc(Cl)n2)c1. The van der Waals surface area contributed by atoms with E-state index in [-0.39, 0.29) is 22.7 Å². The van der Waals surface area contributed by atoms with Gasteiger partial charge in [-0.1, -0.05) is 23.7 Å². The molecule has 0 radical (unpaired) electrons. The van der Waals surface area contributed by atoms with E-state index in [1.54, 1.807) is 49.5 Å². The summed E-state index contributed by atoms with van der Waals surface area (Å²) in [6.07, 6.45) is 0. The molecule has 0 spiro atoms. The Labute approximate surface area is 121 Å². The fourth-order valence-corrected chi connectivity index (χ4v) is 1.78. The molecule has 1 aromatic heterocycles. The largest absolute Gasteiger partial charge is 0.355 e. The van der Waals surface area contributed by atoms with E-state index in [0.29, 0.717) is 11.3 Å². The van der Waals surface area contributed by atoms with Crippen LogP contribution in [0.3, 0.4) is 0 Å². The van der Waals surface area contributed by atoms with Crippen LogP contribution in [0, 0.1) is 0 Å². The van der Waals surface area contributed by atoms with Crippen molar-refractivity contribution in [3.63, 3.8) is 0 Å². The van der Waals surface area contributed by atoms with Gasteiger partial charge in [0.05, 0.1) is 0 Å². The molecule has 0 aliphatic rings. The number of nitrogens with zero attached hydrogens (tertiary/aromatic N) is 1. The number of carbonyl (C=O) groups excluding carboxylic acids is 2. The van der Waals surface area contributed by atoms with Gasteiger partial charge in [-0.05, 0) is 30.3 Å². The zero-order valence-corrected chi connectivity index (χ0v) is 11.4. The monoisotopic (exact) mass is 289 g/mol. The van der Waals surface area contributed by atoms with E-state index >= 15 is 0 Å². The first-order valence-corrected chi connectivity index (χ1v) is 6.24. The van der Waals surface area contributed by atoms with E-state index in [9.17, 15) is 9.59 Å². The van der Waals surface area contributed by atoms with Crippen LogP contribution in [0.2, 0.25) is 5.15 Å². The summed E-state index contributed by atoms with van der Waals surface area (Å²) in [7, 11) is 1.55. The molecule has 1 aromatic carbocycles. The van der Waals surface area contributed by atoms with Crippen molar-refractivity contribution in [2.45, 2.75) is 0 Å². The smallest absolute Gasteiger partial charge is 0.274 e. The standard InChI is InChI=1S/C14H12ClN3O2/c1-16-13(19)9-4-2-5-10(8-9)17-14(20)11-6-3-7-12(15)18-11/h2-8H,1H3,(H,16,19)(H,17,20). The average Bonchev–Trinajstić information content (AvgIpc) is 2.46. The van der Waals surface area contributed by atoms with Crippen molar-refractivity contribution in [3.05, 3.63) is 58.9 Å². The lowest BCUT2D eigenvalue weighted by molar-refractivity contribution is 0.0961. The van der Waals surface area contributed by atoms with Crippen LogP contribution in [-0.4, -0.2) is 23.8 Å². The lowest BCUT2D eigenvalue weighted by Gasteiger charge is -2.06. The van der Waals surface area contributed by atoms with Gasteiger partial charge in [-0.2, -0.15) is 0 Å². The van der Waals surface area contributed by atoms with Gasteiger partial charge in [-0.25, -0.2) is 4.98 Å². The van der Waals surface area contributed by atoms with Crippen LogP contribution in [0.15, 0.2) is 42.5 Å². The Kier molecular flexibility index (Phi) is 4.32. The van der Waals surface area contributed by atoms with Crippen molar-refractivity contribution in [1.82, 2.24) is 10.3 Å². The molecule has 0 aliphatic heterocycles. The lowest BCUT2D eigenvalue weighted by atomic mass is 10.2. The van der Waals surface area contributed by atoms with Crippen LogP contribution in [0.1, 0.15) is 20.8 Å². The number of rotatable bonds is 3. The van der Waals surface area contributed by atoms with Gasteiger partial charge in [0.15, 0.2) is 0 Å². The highest BCUT2D eigenvalue weighted by atomic mass is 35.5. The number of benzene rings is 1. The number of hydrogen-bond donors (Lipinski definition) is 2. The predicted molar refractivity (Wildman–Crippen MR) is 77.0 cm³/mol. The van der Waals surface area contributed by atoms with E-state index < -0.39 is 0 Å². The van der Waals surface area contributed by atoms with Crippen molar-refractivity contribution in [3.8, 4) is 0 Å². The minimum atomic E-state index is -0.387. The summed E-state index contributed by atoms with van der Waals surface area (Å²) in [5, 5.41) is 5.43. The lowest BCUT2D eigenvalue weighted by Crippen LogP contribution is -2.18. The molecule has 2 rings (SSSR count). The Morgan fingerprint density at radius 1 is 1.10 bits per heavy atom. The van der Waals surface area contributed by atoms with Gasteiger partial charge in [0.2, 0.25) is 0 Å². The topological polar surface area (TPSA) is 71.1 Å². The van der Waals surface area contributed by atoms with Crippen molar-refractivity contribution in [1.29, 1.82) is 0 Å². The normalized spacial score (nSPS) is 9.90. The van der Waals surface area contributed by atoms with Crippen LogP contribution >= 0.6 is 11.6 Å². The number of hydrogen-bond acceptors (Lipinski definition) is 3. The number of amides is 2. The van der Waals surface area contributed by atoms with Crippen LogP contribution in [0.25, 0.3) is 0 Å². The van der Waals surface area contributed by atoms with E-state index in [2.05, 4.69) is 15.6 Å². The number of aromatic nitrogens is 1. The molecule has 2 aromatic rings. The second-order valence-electron chi connectivity index (χ2n) is 3.96. The van der Waals surface area contributed by atoms with Crippen LogP contribution in [-0.2, 0) is 0 Å². The third-order valence-electron chi connectivity index (χ3n) is 2.56. The summed E-state index contributed by atoms with van der Waals surface area (Å²) in [4.78, 5) is 27.4. The zero-order chi connectivity index (χ0) is 14.5. The first kappa shape index (κ1) is 14.0. The Hall–Kier alpha value is -2.40. The number of anilines is 1. The van der Waals surface area contributed by atoms with Crippen LogP contribution in [0.4, 0.5) is 5.69 Å². The van der Waals surface area contributed by atoms with Gasteiger partial charge in [0.25, 0.3) is 11.8 Å². The fourth-order valence-electron chi connectivity index (χ4n) is 1.61. The first-order valence-electron chi connectivity index (χ1n) is 5.86. The summed E-state index contributed by atoms with van der Waals surface area (Å²) >= 11 is 5.73. The maximum Gasteiger partial charge on any atom is 0.274 e. The third-order valence-corrected chi connectivity index (χ3v) is 2.77. The fraction of sp³-hybridized carbons (Fsp3) is 0.0714. The molecule has 0 atom stereocenters. The molecule has 5 nitrogen and oxygen atoms in total. The van der Waals surface area contributed by atoms with Crippen molar-refractivity contribution in [2.24, 2.45) is 0 Å². The van der Waals surface area contributed by atoms with E-state index in [1.807, 2.05) is 0 Å². The molecule has 2 amide bonds. The number of halogens is 1. The van der Waals surface area contributed by atoms with Crippen molar-refractivity contribution >= 4 is 29.1 Å². The minimum absolute atomic E-state index is 0.211. The van der Waals surface area contributed by atoms with E-state index in [1.165, 1.54) is 0 Å². The Bertz CT molecular complexity index is 658. The molecule has 0 unspecified atom stereocenters. The summed E-state index contributed by atoms with van der Waals surface area (Å²) in [5.74, 6) is -0.608. The second-order valence-corrected chi connectivity index (χ2v) is 4.35. The van der Waals surface area contributed by atoms with Gasteiger partial charge in [0, 0.05) is 18.3 Å². The molecule has 0 bridgehead atoms. The van der Waals surface area contributed by atoms with E-state index in [0.717, 1.165) is 0 Å². The maximum absolute atomic E-state index is 12.0. The molecule has 0 fully saturated rings. The van der Waals surface area contributed by atoms with Gasteiger partial charge in [-0.3, -0.25) is 9.59 Å². The molecule has 102 valence electrons. The molecular formula is C14H12ClN3O2. The summed E-state index contributed by atoms with van der Waals surface area (Å²) in [6.45, 7) is 0. The third kappa shape index (κ3) is 3.33. The zero-order valence-electron chi connectivity index (χ0n) is 10.7. The quantitative estimate of drug-likeness (QED) is 0.852. The van der Waals surface area contributed by atoms with E-state index in [4.69, 9.17) is 11.6 Å². The highest BCUT2D eigenvalue weighted by Crippen LogP contribution is 2.12. The Morgan fingerprint density at radius 2 is 1.85 bits per heavy atom. The Morgan fingerprint density at radius 3 is 2.55 bits per heavy atom. The van der Waals surface area contributed by atoms with Crippen molar-refractivity contribution < 1.29 is 9.59 Å². The van der Waals surface area contributed by atoms with Gasteiger partial charge < -0.3 is 10.6 Å². The molecule has 2 N–H and O–H groups in total. The minimum Gasteiger partial charge on any atom is -0.355 e. The van der Waals surface area contributed by atoms with Gasteiger partial charge in [0.1, 0.15) is 10.8 Å². The highest BCUT2D eigenvalue weighted by molar-refractivity contribution is 6.29. The van der Waals surface area contributed by atoms with Gasteiger partial charge in [-0.15, -0.1) is 0 Å². The summed E-state index contributed by atoms with van der Waals surface area (Å²) in [5.41, 5.74) is 1.19. The number of carbonyl (C=O) groups is 2. The van der Waals surface area contributed by atoms with Crippen molar-refractivity contribution in [2.75, 3.05) is 12.4 Å². The predicted octanol–water partition coefficient (Wildman–Crippen LogP) is 2.35. The second kappa shape index (κ2) is 6.16. The summed E-state index contributed by atoms with van der Waals surface area (Å²) < 4.78 is 0. The molecular weight excluding hydrogens is 278 g/mol. The number of nitrogens with one attached hydrogen (secondary N) is 2. The van der Waals surface area contributed by atoms with Gasteiger partial charge >= 0.3 is 0 Å². The van der Waals surface area contributed by atoms with Crippen LogP contribution < -0.4 is 10.6 Å².